The molecule has 0 bridgehead atoms. The highest BCUT2D eigenvalue weighted by atomic mass is 16.5. The number of carbonyl (C=O) groups excluding carboxylic acids is 1. The average molecular weight is 221 g/mol. The van der Waals surface area contributed by atoms with E-state index in [4.69, 9.17) is 10.5 Å². The summed E-state index contributed by atoms with van der Waals surface area (Å²) in [5, 5.41) is 0. The molecule has 0 fully saturated rings. The summed E-state index contributed by atoms with van der Waals surface area (Å²) in [4.78, 5) is 16.0. The Morgan fingerprint density at radius 3 is 3.19 bits per heavy atom. The molecule has 0 spiro atoms. The van der Waals surface area contributed by atoms with Crippen LogP contribution in [0.1, 0.15) is 23.3 Å². The molecule has 0 radical (unpaired) electrons. The monoisotopic (exact) mass is 221 g/mol. The maximum absolute atomic E-state index is 11.9. The first-order valence-electron chi connectivity index (χ1n) is 5.41. The molecule has 1 aliphatic heterocycles. The summed E-state index contributed by atoms with van der Waals surface area (Å²) in [6.45, 7) is 1.81. The van der Waals surface area contributed by atoms with E-state index in [1.807, 2.05) is 6.08 Å². The van der Waals surface area contributed by atoms with Gasteiger partial charge in [-0.25, -0.2) is 4.98 Å². The number of Topliss-reactive ketones (excluding diaryl/α,β-unsaturated/α-hetero) is 1. The summed E-state index contributed by atoms with van der Waals surface area (Å²) in [6.07, 6.45) is 7.01. The lowest BCUT2D eigenvalue weighted by atomic mass is 10.2. The number of rotatable bonds is 4. The second-order valence-electron chi connectivity index (χ2n) is 3.67. The van der Waals surface area contributed by atoms with E-state index in [1.165, 1.54) is 0 Å². The summed E-state index contributed by atoms with van der Waals surface area (Å²) in [6, 6.07) is 0. The number of ketones is 1. The Bertz CT molecular complexity index is 409. The van der Waals surface area contributed by atoms with Gasteiger partial charge in [-0.15, -0.1) is 0 Å². The number of hydrogen-bond donors (Lipinski definition) is 1. The van der Waals surface area contributed by atoms with Gasteiger partial charge in [0.2, 0.25) is 5.78 Å². The van der Waals surface area contributed by atoms with E-state index < -0.39 is 0 Å². The van der Waals surface area contributed by atoms with Gasteiger partial charge in [-0.1, -0.05) is 0 Å². The molecule has 2 heterocycles. The van der Waals surface area contributed by atoms with Crippen LogP contribution in [-0.4, -0.2) is 28.5 Å². The summed E-state index contributed by atoms with van der Waals surface area (Å²) < 4.78 is 7.10. The van der Waals surface area contributed by atoms with Gasteiger partial charge in [0.15, 0.2) is 5.76 Å². The average Bonchev–Trinajstić information content (AvgIpc) is 2.78. The van der Waals surface area contributed by atoms with Gasteiger partial charge in [0.05, 0.1) is 12.9 Å². The highest BCUT2D eigenvalue weighted by Gasteiger charge is 2.18. The Morgan fingerprint density at radius 1 is 1.62 bits per heavy atom. The van der Waals surface area contributed by atoms with Crippen molar-refractivity contribution in [1.29, 1.82) is 0 Å². The van der Waals surface area contributed by atoms with Gasteiger partial charge in [-0.2, -0.15) is 0 Å². The number of hydrogen-bond acceptors (Lipinski definition) is 4. The normalized spacial score (nSPS) is 15.4. The van der Waals surface area contributed by atoms with Crippen molar-refractivity contribution in [3.8, 4) is 0 Å². The van der Waals surface area contributed by atoms with E-state index >= 15 is 0 Å². The third-order valence-corrected chi connectivity index (χ3v) is 2.41. The molecule has 1 aliphatic rings. The Hall–Kier alpha value is -1.62. The van der Waals surface area contributed by atoms with E-state index in [0.717, 1.165) is 12.8 Å². The zero-order chi connectivity index (χ0) is 11.4. The van der Waals surface area contributed by atoms with Crippen molar-refractivity contribution < 1.29 is 9.53 Å². The Kier molecular flexibility index (Phi) is 3.36. The maximum Gasteiger partial charge on any atom is 0.247 e. The molecule has 1 aromatic heterocycles. The second kappa shape index (κ2) is 4.94. The van der Waals surface area contributed by atoms with Crippen LogP contribution < -0.4 is 5.73 Å². The van der Waals surface area contributed by atoms with Crippen molar-refractivity contribution in [3.63, 3.8) is 0 Å². The molecule has 0 amide bonds. The standard InChI is InChI=1S/C11H15N3O2/c12-4-5-14-7-9(13-8-14)11(15)10-3-1-2-6-16-10/h3,7-8H,1-2,4-6,12H2. The first-order valence-corrected chi connectivity index (χ1v) is 5.41. The van der Waals surface area contributed by atoms with E-state index in [1.54, 1.807) is 17.1 Å². The van der Waals surface area contributed by atoms with Gasteiger partial charge in [-0.3, -0.25) is 4.79 Å². The highest BCUT2D eigenvalue weighted by molar-refractivity contribution is 6.05. The van der Waals surface area contributed by atoms with Crippen molar-refractivity contribution >= 4 is 5.78 Å². The molecule has 5 heteroatoms. The van der Waals surface area contributed by atoms with Crippen molar-refractivity contribution in [2.24, 2.45) is 5.73 Å². The van der Waals surface area contributed by atoms with Gasteiger partial charge in [-0.05, 0) is 18.9 Å². The number of nitrogens with two attached hydrogens (primary N) is 1. The molecular weight excluding hydrogens is 206 g/mol. The molecule has 2 rings (SSSR count). The molecule has 0 atom stereocenters. The first-order chi connectivity index (χ1) is 7.81. The summed E-state index contributed by atoms with van der Waals surface area (Å²) >= 11 is 0. The highest BCUT2D eigenvalue weighted by Crippen LogP contribution is 2.14. The zero-order valence-electron chi connectivity index (χ0n) is 9.06. The third-order valence-electron chi connectivity index (χ3n) is 2.41. The van der Waals surface area contributed by atoms with Crippen LogP contribution in [0.15, 0.2) is 24.4 Å². The van der Waals surface area contributed by atoms with Crippen LogP contribution in [0.3, 0.4) is 0 Å². The summed E-state index contributed by atoms with van der Waals surface area (Å²) in [5.41, 5.74) is 5.84. The molecule has 16 heavy (non-hydrogen) atoms. The first kappa shape index (κ1) is 10.9. The molecule has 2 N–H and O–H groups in total. The van der Waals surface area contributed by atoms with Gasteiger partial charge >= 0.3 is 0 Å². The number of imidazole rings is 1. The number of allylic oxidation sites excluding steroid dienone is 2. The van der Waals surface area contributed by atoms with Crippen molar-refractivity contribution in [2.75, 3.05) is 13.2 Å². The van der Waals surface area contributed by atoms with Crippen LogP contribution in [0.25, 0.3) is 0 Å². The fourth-order valence-electron chi connectivity index (χ4n) is 1.59. The van der Waals surface area contributed by atoms with E-state index in [-0.39, 0.29) is 5.78 Å². The molecule has 86 valence electrons. The molecule has 5 nitrogen and oxygen atoms in total. The lowest BCUT2D eigenvalue weighted by molar-refractivity contribution is 0.0894. The minimum Gasteiger partial charge on any atom is -0.490 e. The third kappa shape index (κ3) is 2.30. The quantitative estimate of drug-likeness (QED) is 0.760. The van der Waals surface area contributed by atoms with Gasteiger partial charge < -0.3 is 15.0 Å². The SMILES string of the molecule is NCCn1cnc(C(=O)C2=CCCCO2)c1. The van der Waals surface area contributed by atoms with Crippen molar-refractivity contribution in [2.45, 2.75) is 19.4 Å². The molecule has 0 aliphatic carbocycles. The van der Waals surface area contributed by atoms with Crippen LogP contribution in [0.4, 0.5) is 0 Å². The number of nitrogens with zero attached hydrogens (tertiary/aromatic N) is 2. The van der Waals surface area contributed by atoms with Gasteiger partial charge in [0, 0.05) is 19.3 Å². The molecule has 1 aromatic rings. The predicted molar refractivity (Wildman–Crippen MR) is 58.9 cm³/mol. The molecule has 0 unspecified atom stereocenters. The number of ether oxygens (including phenoxy) is 1. The molecule has 0 saturated heterocycles. The smallest absolute Gasteiger partial charge is 0.247 e. The van der Waals surface area contributed by atoms with Gasteiger partial charge in [0.25, 0.3) is 0 Å². The Labute approximate surface area is 93.9 Å². The van der Waals surface area contributed by atoms with Crippen molar-refractivity contribution in [3.05, 3.63) is 30.1 Å². The fourth-order valence-corrected chi connectivity index (χ4v) is 1.59. The van der Waals surface area contributed by atoms with Crippen LogP contribution in [0.2, 0.25) is 0 Å². The molecular formula is C11H15N3O2. The Balaban J connectivity index is 2.10. The van der Waals surface area contributed by atoms with E-state index in [2.05, 4.69) is 4.98 Å². The van der Waals surface area contributed by atoms with Crippen LogP contribution in [0.5, 0.6) is 0 Å². The maximum atomic E-state index is 11.9. The Morgan fingerprint density at radius 2 is 2.50 bits per heavy atom. The molecule has 0 saturated carbocycles. The predicted octanol–water partition coefficient (Wildman–Crippen LogP) is 0.719. The van der Waals surface area contributed by atoms with Crippen LogP contribution >= 0.6 is 0 Å². The minimum atomic E-state index is -0.143. The topological polar surface area (TPSA) is 70.1 Å². The van der Waals surface area contributed by atoms with Gasteiger partial charge in [0.1, 0.15) is 5.69 Å². The number of carbonyl (C=O) groups is 1. The molecule has 0 aromatic carbocycles. The minimum absolute atomic E-state index is 0.143. The van der Waals surface area contributed by atoms with Crippen LogP contribution in [0, 0.1) is 0 Å². The summed E-state index contributed by atoms with van der Waals surface area (Å²) in [7, 11) is 0. The van der Waals surface area contributed by atoms with E-state index in [9.17, 15) is 4.79 Å². The van der Waals surface area contributed by atoms with Crippen molar-refractivity contribution in [1.82, 2.24) is 9.55 Å². The zero-order valence-corrected chi connectivity index (χ0v) is 9.06. The van der Waals surface area contributed by atoms with Crippen LogP contribution in [-0.2, 0) is 11.3 Å². The van der Waals surface area contributed by atoms with E-state index in [0.29, 0.717) is 31.1 Å². The second-order valence-corrected chi connectivity index (χ2v) is 3.67. The number of aromatic nitrogens is 2. The summed E-state index contributed by atoms with van der Waals surface area (Å²) in [5.74, 6) is 0.278. The fraction of sp³-hybridized carbons (Fsp3) is 0.455. The lowest BCUT2D eigenvalue weighted by Crippen LogP contribution is -2.12. The largest absolute Gasteiger partial charge is 0.490 e. The lowest BCUT2D eigenvalue weighted by Gasteiger charge is -2.12.